The zero-order chi connectivity index (χ0) is 15.2. The van der Waals surface area contributed by atoms with Gasteiger partial charge in [0.2, 0.25) is 0 Å². The average molecular weight is 287 g/mol. The molecule has 108 valence electrons. The van der Waals surface area contributed by atoms with Crippen molar-refractivity contribution in [2.24, 2.45) is 10.8 Å². The molecule has 0 aromatic heterocycles. The van der Waals surface area contributed by atoms with Crippen LogP contribution in [-0.4, -0.2) is 19.4 Å². The molecule has 5 nitrogen and oxygen atoms in total. The van der Waals surface area contributed by atoms with Crippen LogP contribution in [0.2, 0.25) is 0 Å². The Labute approximate surface area is 121 Å². The lowest BCUT2D eigenvalue weighted by molar-refractivity contribution is 0.249. The number of carbonyl (C=O) groups is 1. The van der Waals surface area contributed by atoms with Gasteiger partial charge in [-0.2, -0.15) is 5.10 Å². The minimum atomic E-state index is -0.729. The lowest BCUT2D eigenvalue weighted by Crippen LogP contribution is -2.24. The van der Waals surface area contributed by atoms with E-state index in [9.17, 15) is 9.18 Å². The zero-order valence-corrected chi connectivity index (χ0v) is 11.3. The Hall–Kier alpha value is -2.89. The fourth-order valence-corrected chi connectivity index (χ4v) is 1.82. The predicted octanol–water partition coefficient (Wildman–Crippen LogP) is 2.50. The molecular formula is C15H14FN3O2. The maximum absolute atomic E-state index is 13.4. The first-order chi connectivity index (χ1) is 10.1. The topological polar surface area (TPSA) is 76.7 Å². The number of halogens is 1. The first-order valence-corrected chi connectivity index (χ1v) is 6.12. The SMILES string of the molecule is COc1ccc(F)cc1-c1ccc(C=NNC(N)=O)cc1. The van der Waals surface area contributed by atoms with Crippen molar-refractivity contribution in [3.05, 3.63) is 53.8 Å². The van der Waals surface area contributed by atoms with Gasteiger partial charge in [0.15, 0.2) is 0 Å². The molecule has 0 atom stereocenters. The van der Waals surface area contributed by atoms with Crippen LogP contribution in [0.4, 0.5) is 9.18 Å². The van der Waals surface area contributed by atoms with Crippen LogP contribution in [0, 0.1) is 5.82 Å². The number of ether oxygens (including phenoxy) is 1. The summed E-state index contributed by atoms with van der Waals surface area (Å²) in [7, 11) is 1.53. The van der Waals surface area contributed by atoms with Gasteiger partial charge in [-0.3, -0.25) is 0 Å². The molecule has 0 fully saturated rings. The third-order valence-corrected chi connectivity index (χ3v) is 2.77. The third kappa shape index (κ3) is 3.79. The van der Waals surface area contributed by atoms with E-state index in [1.165, 1.54) is 25.5 Å². The van der Waals surface area contributed by atoms with Gasteiger partial charge in [0, 0.05) is 5.56 Å². The van der Waals surface area contributed by atoms with Crippen molar-refractivity contribution in [1.29, 1.82) is 0 Å². The van der Waals surface area contributed by atoms with E-state index in [1.54, 1.807) is 18.2 Å². The van der Waals surface area contributed by atoms with E-state index in [-0.39, 0.29) is 5.82 Å². The highest BCUT2D eigenvalue weighted by molar-refractivity contribution is 5.83. The molecular weight excluding hydrogens is 273 g/mol. The highest BCUT2D eigenvalue weighted by Gasteiger charge is 2.07. The first-order valence-electron chi connectivity index (χ1n) is 6.12. The molecule has 0 saturated heterocycles. The summed E-state index contributed by atoms with van der Waals surface area (Å²) >= 11 is 0. The number of primary amides is 1. The lowest BCUT2D eigenvalue weighted by atomic mass is 10.0. The molecule has 3 N–H and O–H groups in total. The minimum absolute atomic E-state index is 0.331. The summed E-state index contributed by atoms with van der Waals surface area (Å²) in [5.74, 6) is 0.260. The molecule has 0 aliphatic rings. The molecule has 0 spiro atoms. The molecule has 6 heteroatoms. The Morgan fingerprint density at radius 3 is 2.62 bits per heavy atom. The maximum Gasteiger partial charge on any atom is 0.332 e. The Morgan fingerprint density at radius 2 is 2.00 bits per heavy atom. The molecule has 0 unspecified atom stereocenters. The molecule has 0 bridgehead atoms. The van der Waals surface area contributed by atoms with E-state index in [4.69, 9.17) is 10.5 Å². The number of carbonyl (C=O) groups excluding carboxylic acids is 1. The van der Waals surface area contributed by atoms with Gasteiger partial charge < -0.3 is 10.5 Å². The van der Waals surface area contributed by atoms with E-state index in [1.807, 2.05) is 12.1 Å². The van der Waals surface area contributed by atoms with Crippen molar-refractivity contribution in [2.45, 2.75) is 0 Å². The molecule has 0 aliphatic carbocycles. The molecule has 0 heterocycles. The van der Waals surface area contributed by atoms with Crippen LogP contribution >= 0.6 is 0 Å². The van der Waals surface area contributed by atoms with Gasteiger partial charge in [-0.15, -0.1) is 0 Å². The summed E-state index contributed by atoms with van der Waals surface area (Å²) in [6.45, 7) is 0. The number of rotatable bonds is 4. The van der Waals surface area contributed by atoms with Crippen LogP contribution in [0.1, 0.15) is 5.56 Å². The molecule has 2 aromatic carbocycles. The van der Waals surface area contributed by atoms with Crippen molar-refractivity contribution >= 4 is 12.2 Å². The number of amides is 2. The third-order valence-electron chi connectivity index (χ3n) is 2.77. The zero-order valence-electron chi connectivity index (χ0n) is 11.3. The van der Waals surface area contributed by atoms with E-state index >= 15 is 0 Å². The average Bonchev–Trinajstić information content (AvgIpc) is 2.47. The summed E-state index contributed by atoms with van der Waals surface area (Å²) in [6.07, 6.45) is 1.46. The van der Waals surface area contributed by atoms with E-state index in [2.05, 4.69) is 10.5 Å². The molecule has 2 aromatic rings. The smallest absolute Gasteiger partial charge is 0.332 e. The second-order valence-corrected chi connectivity index (χ2v) is 4.20. The number of benzene rings is 2. The minimum Gasteiger partial charge on any atom is -0.496 e. The maximum atomic E-state index is 13.4. The standard InChI is InChI=1S/C15H14FN3O2/c1-21-14-7-6-12(16)8-13(14)11-4-2-10(3-5-11)9-18-19-15(17)20/h2-9H,1H3,(H3,17,19,20). The number of nitrogens with zero attached hydrogens (tertiary/aromatic N) is 1. The van der Waals surface area contributed by atoms with Crippen LogP contribution in [-0.2, 0) is 0 Å². The Balaban J connectivity index is 2.25. The van der Waals surface area contributed by atoms with Gasteiger partial charge in [0.05, 0.1) is 13.3 Å². The van der Waals surface area contributed by atoms with Crippen molar-refractivity contribution in [3.8, 4) is 16.9 Å². The van der Waals surface area contributed by atoms with Crippen LogP contribution in [0.25, 0.3) is 11.1 Å². The number of hydrazone groups is 1. The van der Waals surface area contributed by atoms with Crippen LogP contribution in [0.5, 0.6) is 5.75 Å². The normalized spacial score (nSPS) is 10.6. The lowest BCUT2D eigenvalue weighted by Gasteiger charge is -2.08. The molecule has 21 heavy (non-hydrogen) atoms. The van der Waals surface area contributed by atoms with Gasteiger partial charge in [-0.25, -0.2) is 14.6 Å². The molecule has 0 radical (unpaired) electrons. The summed E-state index contributed by atoms with van der Waals surface area (Å²) in [6, 6.07) is 10.8. The van der Waals surface area contributed by atoms with Gasteiger partial charge in [0.25, 0.3) is 0 Å². The van der Waals surface area contributed by atoms with Crippen molar-refractivity contribution in [3.63, 3.8) is 0 Å². The predicted molar refractivity (Wildman–Crippen MR) is 78.7 cm³/mol. The fraction of sp³-hybridized carbons (Fsp3) is 0.0667. The molecule has 2 rings (SSSR count). The van der Waals surface area contributed by atoms with Crippen LogP contribution in [0.15, 0.2) is 47.6 Å². The first kappa shape index (κ1) is 14.5. The molecule has 0 aliphatic heterocycles. The molecule has 2 amide bonds. The number of methoxy groups -OCH3 is 1. The number of nitrogens with one attached hydrogen (secondary N) is 1. The number of hydrogen-bond donors (Lipinski definition) is 2. The quantitative estimate of drug-likeness (QED) is 0.669. The number of urea groups is 1. The van der Waals surface area contributed by atoms with Gasteiger partial charge >= 0.3 is 6.03 Å². The molecule has 0 saturated carbocycles. The van der Waals surface area contributed by atoms with E-state index in [0.29, 0.717) is 11.3 Å². The summed E-state index contributed by atoms with van der Waals surface area (Å²) in [4.78, 5) is 10.5. The second-order valence-electron chi connectivity index (χ2n) is 4.20. The largest absolute Gasteiger partial charge is 0.496 e. The highest BCUT2D eigenvalue weighted by atomic mass is 19.1. The van der Waals surface area contributed by atoms with Gasteiger partial charge in [-0.1, -0.05) is 24.3 Å². The summed E-state index contributed by atoms with van der Waals surface area (Å²) in [5, 5.41) is 3.66. The summed E-state index contributed by atoms with van der Waals surface area (Å²) < 4.78 is 18.6. The fourth-order valence-electron chi connectivity index (χ4n) is 1.82. The monoisotopic (exact) mass is 287 g/mol. The van der Waals surface area contributed by atoms with Crippen molar-refractivity contribution in [2.75, 3.05) is 7.11 Å². The van der Waals surface area contributed by atoms with Gasteiger partial charge in [0.1, 0.15) is 11.6 Å². The number of nitrogens with two attached hydrogens (primary N) is 1. The van der Waals surface area contributed by atoms with Crippen LogP contribution < -0.4 is 15.9 Å². The Kier molecular flexibility index (Phi) is 4.50. The second kappa shape index (κ2) is 6.51. The van der Waals surface area contributed by atoms with E-state index in [0.717, 1.165) is 11.1 Å². The number of hydrogen-bond acceptors (Lipinski definition) is 3. The van der Waals surface area contributed by atoms with Crippen LogP contribution in [0.3, 0.4) is 0 Å². The Bertz CT molecular complexity index is 669. The van der Waals surface area contributed by atoms with Crippen molar-refractivity contribution in [1.82, 2.24) is 5.43 Å². The Morgan fingerprint density at radius 1 is 1.29 bits per heavy atom. The van der Waals surface area contributed by atoms with Crippen molar-refractivity contribution < 1.29 is 13.9 Å². The van der Waals surface area contributed by atoms with E-state index < -0.39 is 6.03 Å². The van der Waals surface area contributed by atoms with Gasteiger partial charge in [-0.05, 0) is 29.3 Å². The summed E-state index contributed by atoms with van der Waals surface area (Å²) in [5.41, 5.74) is 9.24. The highest BCUT2D eigenvalue weighted by Crippen LogP contribution is 2.30.